The summed E-state index contributed by atoms with van der Waals surface area (Å²) >= 11 is 0. The zero-order valence-electron chi connectivity index (χ0n) is 12.7. The van der Waals surface area contributed by atoms with Gasteiger partial charge in [0, 0.05) is 0 Å². The van der Waals surface area contributed by atoms with Crippen LogP contribution in [0, 0.1) is 16.7 Å². The van der Waals surface area contributed by atoms with Crippen molar-refractivity contribution in [3.05, 3.63) is 35.4 Å². The van der Waals surface area contributed by atoms with E-state index in [4.69, 9.17) is 0 Å². The van der Waals surface area contributed by atoms with Crippen LogP contribution in [-0.2, 0) is 12.0 Å². The Morgan fingerprint density at radius 3 is 2.15 bits per heavy atom. The minimum atomic E-state index is -1.07. The van der Waals surface area contributed by atoms with Crippen molar-refractivity contribution < 1.29 is 5.11 Å². The van der Waals surface area contributed by atoms with E-state index in [-0.39, 0.29) is 0 Å². The van der Waals surface area contributed by atoms with E-state index in [1.54, 1.807) is 0 Å². The molecular weight excluding hydrogens is 246 g/mol. The maximum atomic E-state index is 11.1. The fourth-order valence-electron chi connectivity index (χ4n) is 3.38. The minimum absolute atomic E-state index is 0.642. The van der Waals surface area contributed by atoms with Gasteiger partial charge in [-0.05, 0) is 37.3 Å². The Bertz CT molecular complexity index is 473. The summed E-state index contributed by atoms with van der Waals surface area (Å²) in [5.74, 6) is 0. The van der Waals surface area contributed by atoms with Gasteiger partial charge in [-0.25, -0.2) is 0 Å². The molecule has 0 spiro atoms. The van der Waals surface area contributed by atoms with Crippen molar-refractivity contribution in [2.45, 2.75) is 64.4 Å². The van der Waals surface area contributed by atoms with Gasteiger partial charge in [-0.1, -0.05) is 56.9 Å². The van der Waals surface area contributed by atoms with Crippen LogP contribution in [0.1, 0.15) is 63.5 Å². The van der Waals surface area contributed by atoms with Crippen LogP contribution in [0.3, 0.4) is 0 Å². The third-order valence-electron chi connectivity index (χ3n) is 5.03. The molecule has 2 rings (SSSR count). The molecule has 1 fully saturated rings. The molecule has 2 heteroatoms. The molecule has 2 nitrogen and oxygen atoms in total. The minimum Gasteiger partial charge on any atom is -0.384 e. The predicted octanol–water partition coefficient (Wildman–Crippen LogP) is 4.32. The Kier molecular flexibility index (Phi) is 4.50. The molecule has 1 saturated carbocycles. The molecule has 0 amide bonds. The number of nitriles is 1. The van der Waals surface area contributed by atoms with Gasteiger partial charge in [-0.3, -0.25) is 0 Å². The predicted molar refractivity (Wildman–Crippen MR) is 81.1 cm³/mol. The van der Waals surface area contributed by atoms with Crippen molar-refractivity contribution in [3.8, 4) is 6.07 Å². The van der Waals surface area contributed by atoms with E-state index in [0.29, 0.717) is 0 Å². The molecule has 0 aromatic heterocycles. The Morgan fingerprint density at radius 1 is 1.15 bits per heavy atom. The standard InChI is InChI=1S/C18H25NO/c1-3-15-8-10-16(11-9-15)17(2,20)18(14-19)12-6-4-5-7-13-18/h8-11,20H,3-7,12-13H2,1-2H3. The lowest BCUT2D eigenvalue weighted by atomic mass is 9.66. The van der Waals surface area contributed by atoms with Gasteiger partial charge in [0.1, 0.15) is 5.60 Å². The van der Waals surface area contributed by atoms with Crippen LogP contribution >= 0.6 is 0 Å². The first-order chi connectivity index (χ1) is 9.55. The van der Waals surface area contributed by atoms with Gasteiger partial charge in [0.05, 0.1) is 11.5 Å². The van der Waals surface area contributed by atoms with Crippen molar-refractivity contribution in [2.75, 3.05) is 0 Å². The number of benzene rings is 1. The highest BCUT2D eigenvalue weighted by molar-refractivity contribution is 5.31. The van der Waals surface area contributed by atoms with Gasteiger partial charge in [0.2, 0.25) is 0 Å². The zero-order chi connectivity index (χ0) is 14.6. The zero-order valence-corrected chi connectivity index (χ0v) is 12.7. The first-order valence-electron chi connectivity index (χ1n) is 7.79. The molecule has 0 heterocycles. The SMILES string of the molecule is CCc1ccc(C(C)(O)C2(C#N)CCCCCC2)cc1. The second kappa shape index (κ2) is 5.97. The molecule has 0 radical (unpaired) electrons. The van der Waals surface area contributed by atoms with E-state index in [0.717, 1.165) is 37.7 Å². The summed E-state index contributed by atoms with van der Waals surface area (Å²) in [6, 6.07) is 10.6. The van der Waals surface area contributed by atoms with E-state index in [1.165, 1.54) is 18.4 Å². The summed E-state index contributed by atoms with van der Waals surface area (Å²) < 4.78 is 0. The lowest BCUT2D eigenvalue weighted by molar-refractivity contribution is -0.0533. The molecule has 1 aromatic carbocycles. The van der Waals surface area contributed by atoms with E-state index in [1.807, 2.05) is 19.1 Å². The smallest absolute Gasteiger partial charge is 0.105 e. The molecule has 108 valence electrons. The van der Waals surface area contributed by atoms with Gasteiger partial charge in [0.15, 0.2) is 0 Å². The maximum absolute atomic E-state index is 11.1. The third kappa shape index (κ3) is 2.60. The first kappa shape index (κ1) is 15.1. The van der Waals surface area contributed by atoms with Gasteiger partial charge in [-0.15, -0.1) is 0 Å². The monoisotopic (exact) mass is 271 g/mol. The normalized spacial score (nSPS) is 21.5. The highest BCUT2D eigenvalue weighted by Crippen LogP contribution is 2.48. The molecule has 0 bridgehead atoms. The van der Waals surface area contributed by atoms with E-state index >= 15 is 0 Å². The molecule has 1 aliphatic rings. The van der Waals surface area contributed by atoms with Crippen molar-refractivity contribution in [1.82, 2.24) is 0 Å². The van der Waals surface area contributed by atoms with Crippen LogP contribution in [-0.4, -0.2) is 5.11 Å². The van der Waals surface area contributed by atoms with Crippen molar-refractivity contribution in [2.24, 2.45) is 5.41 Å². The van der Waals surface area contributed by atoms with Crippen LogP contribution in [0.15, 0.2) is 24.3 Å². The highest BCUT2D eigenvalue weighted by atomic mass is 16.3. The van der Waals surface area contributed by atoms with E-state index < -0.39 is 11.0 Å². The molecule has 0 aliphatic heterocycles. The molecule has 0 saturated heterocycles. The molecule has 1 N–H and O–H groups in total. The number of hydrogen-bond donors (Lipinski definition) is 1. The first-order valence-corrected chi connectivity index (χ1v) is 7.79. The lowest BCUT2D eigenvalue weighted by Crippen LogP contribution is -2.42. The molecular formula is C18H25NO. The molecule has 20 heavy (non-hydrogen) atoms. The highest BCUT2D eigenvalue weighted by Gasteiger charge is 2.48. The maximum Gasteiger partial charge on any atom is 0.105 e. The summed E-state index contributed by atoms with van der Waals surface area (Å²) in [6.45, 7) is 3.94. The fraction of sp³-hybridized carbons (Fsp3) is 0.611. The van der Waals surface area contributed by atoms with Gasteiger partial charge >= 0.3 is 0 Å². The van der Waals surface area contributed by atoms with E-state index in [2.05, 4.69) is 25.1 Å². The quantitative estimate of drug-likeness (QED) is 0.832. The Labute approximate surface area is 122 Å². The summed E-state index contributed by atoms with van der Waals surface area (Å²) in [5.41, 5.74) is 0.421. The molecule has 1 atom stereocenters. The second-order valence-electron chi connectivity index (χ2n) is 6.23. The Hall–Kier alpha value is -1.33. The fourth-order valence-corrected chi connectivity index (χ4v) is 3.38. The average molecular weight is 271 g/mol. The Balaban J connectivity index is 2.36. The number of aliphatic hydroxyl groups is 1. The van der Waals surface area contributed by atoms with Gasteiger partial charge < -0.3 is 5.11 Å². The van der Waals surface area contributed by atoms with Crippen LogP contribution in [0.25, 0.3) is 0 Å². The van der Waals surface area contributed by atoms with Crippen LogP contribution in [0.5, 0.6) is 0 Å². The Morgan fingerprint density at radius 2 is 1.70 bits per heavy atom. The number of hydrogen-bond acceptors (Lipinski definition) is 2. The lowest BCUT2D eigenvalue weighted by Gasteiger charge is -2.40. The summed E-state index contributed by atoms with van der Waals surface area (Å²) in [5, 5.41) is 20.9. The third-order valence-corrected chi connectivity index (χ3v) is 5.03. The molecule has 1 aromatic rings. The number of rotatable bonds is 3. The largest absolute Gasteiger partial charge is 0.384 e. The van der Waals surface area contributed by atoms with Gasteiger partial charge in [-0.2, -0.15) is 5.26 Å². The molecule has 1 unspecified atom stereocenters. The van der Waals surface area contributed by atoms with Crippen LogP contribution in [0.2, 0.25) is 0 Å². The van der Waals surface area contributed by atoms with Crippen LogP contribution < -0.4 is 0 Å². The molecule has 1 aliphatic carbocycles. The average Bonchev–Trinajstić information content (AvgIpc) is 2.74. The summed E-state index contributed by atoms with van der Waals surface area (Å²) in [7, 11) is 0. The summed E-state index contributed by atoms with van der Waals surface area (Å²) in [4.78, 5) is 0. The van der Waals surface area contributed by atoms with Crippen molar-refractivity contribution >= 4 is 0 Å². The van der Waals surface area contributed by atoms with Crippen LogP contribution in [0.4, 0.5) is 0 Å². The van der Waals surface area contributed by atoms with Gasteiger partial charge in [0.25, 0.3) is 0 Å². The van der Waals surface area contributed by atoms with Crippen molar-refractivity contribution in [3.63, 3.8) is 0 Å². The van der Waals surface area contributed by atoms with E-state index in [9.17, 15) is 10.4 Å². The topological polar surface area (TPSA) is 44.0 Å². The number of aryl methyl sites for hydroxylation is 1. The van der Waals surface area contributed by atoms with Crippen molar-refractivity contribution in [1.29, 1.82) is 5.26 Å². The number of nitrogens with zero attached hydrogens (tertiary/aromatic N) is 1. The second-order valence-corrected chi connectivity index (χ2v) is 6.23. The summed E-state index contributed by atoms with van der Waals surface area (Å²) in [6.07, 6.45) is 7.01.